The Balaban J connectivity index is 1.52. The molecule has 4 rings (SSSR count). The van der Waals surface area contributed by atoms with Crippen LogP contribution in [-0.2, 0) is 22.4 Å². The zero-order valence-electron chi connectivity index (χ0n) is 20.1. The first kappa shape index (κ1) is 24.5. The van der Waals surface area contributed by atoms with Crippen molar-refractivity contribution < 1.29 is 18.7 Å². The van der Waals surface area contributed by atoms with Gasteiger partial charge in [0.2, 0.25) is 5.91 Å². The smallest absolute Gasteiger partial charge is 0.341 e. The molecule has 0 saturated carbocycles. The van der Waals surface area contributed by atoms with Gasteiger partial charge in [0.25, 0.3) is 0 Å². The molecule has 1 atom stereocenters. The first-order valence-electron chi connectivity index (χ1n) is 11.5. The van der Waals surface area contributed by atoms with Crippen molar-refractivity contribution in [2.24, 2.45) is 5.92 Å². The Labute approximate surface area is 207 Å². The Kier molecular flexibility index (Phi) is 7.47. The fourth-order valence-electron chi connectivity index (χ4n) is 4.19. The molecule has 1 aliphatic rings. The van der Waals surface area contributed by atoms with Crippen LogP contribution in [0, 0.1) is 12.8 Å². The van der Waals surface area contributed by atoms with Gasteiger partial charge in [-0.25, -0.2) is 4.79 Å². The number of anilines is 1. The summed E-state index contributed by atoms with van der Waals surface area (Å²) >= 11 is 2.82. The Morgan fingerprint density at radius 2 is 2.18 bits per heavy atom. The van der Waals surface area contributed by atoms with E-state index in [1.165, 1.54) is 28.0 Å². The Hall–Kier alpha value is -2.59. The van der Waals surface area contributed by atoms with Crippen molar-refractivity contribution in [3.63, 3.8) is 0 Å². The monoisotopic (exact) mass is 502 g/mol. The molecule has 1 amide bonds. The van der Waals surface area contributed by atoms with E-state index in [2.05, 4.69) is 36.3 Å². The molecule has 8 nitrogen and oxygen atoms in total. The molecular formula is C24H30N4O4S2. The van der Waals surface area contributed by atoms with E-state index in [9.17, 15) is 9.59 Å². The number of thioether (sulfide) groups is 1. The molecule has 0 spiro atoms. The molecule has 0 aliphatic heterocycles. The number of ether oxygens (including phenoxy) is 1. The topological polar surface area (TPSA) is 99.2 Å². The van der Waals surface area contributed by atoms with Crippen molar-refractivity contribution >= 4 is 40.0 Å². The number of nitrogens with one attached hydrogen (secondary N) is 1. The highest BCUT2D eigenvalue weighted by Gasteiger charge is 2.29. The zero-order chi connectivity index (χ0) is 24.4. The lowest BCUT2D eigenvalue weighted by molar-refractivity contribution is -0.113. The third kappa shape index (κ3) is 4.93. The van der Waals surface area contributed by atoms with E-state index < -0.39 is 0 Å². The number of furan rings is 1. The Morgan fingerprint density at radius 1 is 1.38 bits per heavy atom. The fourth-order valence-corrected chi connectivity index (χ4v) is 6.47. The molecule has 1 unspecified atom stereocenters. The number of nitrogens with zero attached hydrogens (tertiary/aromatic N) is 3. The van der Waals surface area contributed by atoms with Crippen LogP contribution in [0.2, 0.25) is 0 Å². The molecule has 3 aromatic rings. The van der Waals surface area contributed by atoms with Crippen LogP contribution in [-0.4, -0.2) is 39.0 Å². The molecule has 34 heavy (non-hydrogen) atoms. The maximum Gasteiger partial charge on any atom is 0.341 e. The number of aromatic nitrogens is 3. The SMILES string of the molecule is CCOC(=O)c1c(NC(=O)CSc2nnc(-c3ccoc3C)n2C(C)C)sc2c1CCC(C)C2. The lowest BCUT2D eigenvalue weighted by atomic mass is 9.88. The highest BCUT2D eigenvalue weighted by Crippen LogP contribution is 2.40. The highest BCUT2D eigenvalue weighted by atomic mass is 32.2. The van der Waals surface area contributed by atoms with Crippen LogP contribution in [0.5, 0.6) is 0 Å². The molecule has 182 valence electrons. The van der Waals surface area contributed by atoms with Crippen molar-refractivity contribution in [3.05, 3.63) is 34.1 Å². The summed E-state index contributed by atoms with van der Waals surface area (Å²) in [4.78, 5) is 26.8. The Morgan fingerprint density at radius 3 is 2.85 bits per heavy atom. The number of hydrogen-bond donors (Lipinski definition) is 1. The van der Waals surface area contributed by atoms with E-state index in [1.807, 2.05) is 17.6 Å². The molecule has 0 fully saturated rings. The molecule has 0 saturated heterocycles. The van der Waals surface area contributed by atoms with Gasteiger partial charge in [-0.2, -0.15) is 0 Å². The number of aryl methyl sites for hydroxylation is 1. The van der Waals surface area contributed by atoms with E-state index >= 15 is 0 Å². The maximum absolute atomic E-state index is 12.9. The van der Waals surface area contributed by atoms with Crippen LogP contribution in [0.15, 0.2) is 21.9 Å². The number of hydrogen-bond acceptors (Lipinski definition) is 8. The third-order valence-electron chi connectivity index (χ3n) is 5.86. The molecule has 0 aromatic carbocycles. The second-order valence-corrected chi connectivity index (χ2v) is 10.8. The van der Waals surface area contributed by atoms with Gasteiger partial charge in [-0.1, -0.05) is 18.7 Å². The minimum atomic E-state index is -0.364. The van der Waals surface area contributed by atoms with Crippen molar-refractivity contribution in [1.82, 2.24) is 14.8 Å². The molecule has 3 aromatic heterocycles. The average molecular weight is 503 g/mol. The number of rotatable bonds is 8. The van der Waals surface area contributed by atoms with Gasteiger partial charge < -0.3 is 14.5 Å². The molecule has 3 heterocycles. The predicted molar refractivity (Wildman–Crippen MR) is 134 cm³/mol. The van der Waals surface area contributed by atoms with Crippen LogP contribution in [0.3, 0.4) is 0 Å². The summed E-state index contributed by atoms with van der Waals surface area (Å²) in [7, 11) is 0. The average Bonchev–Trinajstić information content (AvgIpc) is 3.48. The van der Waals surface area contributed by atoms with Crippen LogP contribution >= 0.6 is 23.1 Å². The number of carbonyl (C=O) groups is 2. The van der Waals surface area contributed by atoms with Gasteiger partial charge in [-0.3, -0.25) is 9.36 Å². The minimum Gasteiger partial charge on any atom is -0.469 e. The quantitative estimate of drug-likeness (QED) is 0.320. The normalized spacial score (nSPS) is 15.4. The zero-order valence-corrected chi connectivity index (χ0v) is 21.8. The summed E-state index contributed by atoms with van der Waals surface area (Å²) in [5.41, 5.74) is 2.44. The van der Waals surface area contributed by atoms with Gasteiger partial charge in [0.1, 0.15) is 10.8 Å². The largest absolute Gasteiger partial charge is 0.469 e. The van der Waals surface area contributed by atoms with Crippen LogP contribution < -0.4 is 5.32 Å². The van der Waals surface area contributed by atoms with Crippen LogP contribution in [0.25, 0.3) is 11.4 Å². The van der Waals surface area contributed by atoms with Gasteiger partial charge in [0.15, 0.2) is 11.0 Å². The van der Waals surface area contributed by atoms with Crippen LogP contribution in [0.1, 0.15) is 66.7 Å². The van der Waals surface area contributed by atoms with E-state index in [-0.39, 0.29) is 23.7 Å². The second kappa shape index (κ2) is 10.4. The van der Waals surface area contributed by atoms with Gasteiger partial charge in [-0.05, 0) is 64.5 Å². The summed E-state index contributed by atoms with van der Waals surface area (Å²) < 4.78 is 12.7. The van der Waals surface area contributed by atoms with Crippen LogP contribution in [0.4, 0.5) is 5.00 Å². The molecule has 0 bridgehead atoms. The second-order valence-electron chi connectivity index (χ2n) is 8.77. The molecule has 10 heteroatoms. The van der Waals surface area contributed by atoms with Crippen molar-refractivity contribution in [1.29, 1.82) is 0 Å². The lowest BCUT2D eigenvalue weighted by Crippen LogP contribution is -2.18. The van der Waals surface area contributed by atoms with E-state index in [4.69, 9.17) is 9.15 Å². The molecule has 0 radical (unpaired) electrons. The number of amides is 1. The first-order chi connectivity index (χ1) is 16.3. The van der Waals surface area contributed by atoms with Gasteiger partial charge in [0.05, 0.1) is 29.7 Å². The highest BCUT2D eigenvalue weighted by molar-refractivity contribution is 7.99. The minimum absolute atomic E-state index is 0.103. The van der Waals surface area contributed by atoms with Gasteiger partial charge in [0, 0.05) is 10.9 Å². The summed E-state index contributed by atoms with van der Waals surface area (Å²) in [5.74, 6) is 1.64. The molecule has 1 N–H and O–H groups in total. The van der Waals surface area contributed by atoms with E-state index in [1.54, 1.807) is 13.2 Å². The van der Waals surface area contributed by atoms with Gasteiger partial charge >= 0.3 is 5.97 Å². The van der Waals surface area contributed by atoms with Gasteiger partial charge in [-0.15, -0.1) is 21.5 Å². The number of thiophene rings is 1. The Bertz CT molecular complexity index is 1190. The van der Waals surface area contributed by atoms with Crippen molar-refractivity contribution in [2.75, 3.05) is 17.7 Å². The number of fused-ring (bicyclic) bond motifs is 1. The first-order valence-corrected chi connectivity index (χ1v) is 13.3. The lowest BCUT2D eigenvalue weighted by Gasteiger charge is -2.18. The summed E-state index contributed by atoms with van der Waals surface area (Å²) in [6.07, 6.45) is 4.42. The standard InChI is InChI=1S/C24H30N4O4S2/c1-6-31-23(30)20-17-8-7-14(4)11-18(17)34-22(20)25-19(29)12-33-24-27-26-21(28(24)13(2)3)16-9-10-32-15(16)5/h9-10,13-14H,6-8,11-12H2,1-5H3,(H,25,29). The molecule has 1 aliphatic carbocycles. The molecular weight excluding hydrogens is 472 g/mol. The third-order valence-corrected chi connectivity index (χ3v) is 7.97. The summed E-state index contributed by atoms with van der Waals surface area (Å²) in [5, 5.41) is 12.9. The van der Waals surface area contributed by atoms with E-state index in [0.29, 0.717) is 34.1 Å². The fraction of sp³-hybridized carbons (Fsp3) is 0.500. The summed E-state index contributed by atoms with van der Waals surface area (Å²) in [6.45, 7) is 10.3. The van der Waals surface area contributed by atoms with E-state index in [0.717, 1.165) is 36.1 Å². The number of esters is 1. The van der Waals surface area contributed by atoms with Crippen molar-refractivity contribution in [2.45, 2.75) is 65.1 Å². The van der Waals surface area contributed by atoms with Crippen molar-refractivity contribution in [3.8, 4) is 11.4 Å². The summed E-state index contributed by atoms with van der Waals surface area (Å²) in [6, 6.07) is 1.97. The predicted octanol–water partition coefficient (Wildman–Crippen LogP) is 5.52. The maximum atomic E-state index is 12.9. The number of carbonyl (C=O) groups excluding carboxylic acids is 2.